The van der Waals surface area contributed by atoms with Gasteiger partial charge >= 0.3 is 0 Å². The van der Waals surface area contributed by atoms with Gasteiger partial charge in [0.1, 0.15) is 35.6 Å². The summed E-state index contributed by atoms with van der Waals surface area (Å²) in [6, 6.07) is 16.9. The number of carbonyl (C=O) groups excluding carboxylic acids is 1. The molecule has 0 aliphatic carbocycles. The van der Waals surface area contributed by atoms with Crippen LogP contribution < -0.4 is 24.3 Å². The molecule has 0 heterocycles. The van der Waals surface area contributed by atoms with Crippen LogP contribution in [0.15, 0.2) is 60.2 Å². The summed E-state index contributed by atoms with van der Waals surface area (Å²) in [6.07, 6.45) is 1.49. The number of nitrogens with zero attached hydrogens (tertiary/aromatic N) is 1. The molecule has 0 spiro atoms. The van der Waals surface area contributed by atoms with Crippen molar-refractivity contribution >= 4 is 34.6 Å². The Labute approximate surface area is 228 Å². The van der Waals surface area contributed by atoms with Crippen LogP contribution in [-0.2, 0) is 17.9 Å². The van der Waals surface area contributed by atoms with Crippen LogP contribution in [0.4, 0.5) is 4.39 Å². The predicted molar refractivity (Wildman–Crippen MR) is 146 cm³/mol. The van der Waals surface area contributed by atoms with Gasteiger partial charge in [0.25, 0.3) is 5.91 Å². The molecule has 0 bridgehead atoms. The maximum absolute atomic E-state index is 13.5. The molecule has 1 N–H and O–H groups in total. The van der Waals surface area contributed by atoms with Gasteiger partial charge in [0.2, 0.25) is 0 Å². The van der Waals surface area contributed by atoms with E-state index >= 15 is 0 Å². The van der Waals surface area contributed by atoms with Crippen LogP contribution in [0.1, 0.15) is 23.6 Å². The molecule has 0 aliphatic rings. The summed E-state index contributed by atoms with van der Waals surface area (Å²) < 4.78 is 36.5. The van der Waals surface area contributed by atoms with Crippen molar-refractivity contribution in [3.05, 3.63) is 86.2 Å². The Morgan fingerprint density at radius 1 is 1.08 bits per heavy atom. The molecule has 3 aromatic rings. The van der Waals surface area contributed by atoms with E-state index in [-0.39, 0.29) is 24.5 Å². The van der Waals surface area contributed by atoms with Crippen molar-refractivity contribution in [2.75, 3.05) is 20.8 Å². The Morgan fingerprint density at radius 2 is 1.89 bits per heavy atom. The standard InChI is InChI=1S/C28H26FIN2O5/c1-4-36-26-13-19(12-24(30)27(26)37-17-18-6-5-7-22(29)11-18)10-21(15-31)28(33)32-16-20-8-9-23(34-2)14-25(20)35-3/h5-14H,4,16-17H2,1-3H3,(H,32,33)/b21-10+. The van der Waals surface area contributed by atoms with Gasteiger partial charge in [-0.15, -0.1) is 0 Å². The second-order valence-electron chi connectivity index (χ2n) is 7.71. The Hall–Kier alpha value is -3.78. The summed E-state index contributed by atoms with van der Waals surface area (Å²) in [5, 5.41) is 12.4. The number of rotatable bonds is 11. The topological polar surface area (TPSA) is 89.8 Å². The normalized spacial score (nSPS) is 10.9. The zero-order chi connectivity index (χ0) is 26.8. The van der Waals surface area contributed by atoms with Crippen molar-refractivity contribution in [2.24, 2.45) is 0 Å². The van der Waals surface area contributed by atoms with Gasteiger partial charge in [-0.2, -0.15) is 5.26 Å². The van der Waals surface area contributed by atoms with Crippen molar-refractivity contribution in [3.63, 3.8) is 0 Å². The molecular weight excluding hydrogens is 590 g/mol. The number of hydrogen-bond donors (Lipinski definition) is 1. The first kappa shape index (κ1) is 27.8. The first-order valence-corrected chi connectivity index (χ1v) is 12.4. The fourth-order valence-corrected chi connectivity index (χ4v) is 4.22. The minimum atomic E-state index is -0.528. The number of halogens is 2. The Kier molecular flexibility index (Phi) is 10.1. The first-order chi connectivity index (χ1) is 17.9. The van der Waals surface area contributed by atoms with Gasteiger partial charge in [-0.25, -0.2) is 4.39 Å². The van der Waals surface area contributed by atoms with Crippen LogP contribution in [0.2, 0.25) is 0 Å². The van der Waals surface area contributed by atoms with Gasteiger partial charge in [0.05, 0.1) is 24.4 Å². The van der Waals surface area contributed by atoms with Crippen LogP contribution in [0.5, 0.6) is 23.0 Å². The van der Waals surface area contributed by atoms with Crippen LogP contribution in [-0.4, -0.2) is 26.7 Å². The summed E-state index contributed by atoms with van der Waals surface area (Å²) in [6.45, 7) is 2.55. The molecule has 192 valence electrons. The number of methoxy groups -OCH3 is 2. The second kappa shape index (κ2) is 13.5. The van der Waals surface area contributed by atoms with Gasteiger partial charge in [-0.1, -0.05) is 12.1 Å². The summed E-state index contributed by atoms with van der Waals surface area (Å²) >= 11 is 2.10. The number of amides is 1. The highest BCUT2D eigenvalue weighted by molar-refractivity contribution is 14.1. The smallest absolute Gasteiger partial charge is 0.262 e. The molecule has 0 radical (unpaired) electrons. The average Bonchev–Trinajstić information content (AvgIpc) is 2.90. The molecule has 7 nitrogen and oxygen atoms in total. The van der Waals surface area contributed by atoms with Crippen molar-refractivity contribution < 1.29 is 28.1 Å². The highest BCUT2D eigenvalue weighted by atomic mass is 127. The SMILES string of the molecule is CCOc1cc(/C=C(\C#N)C(=O)NCc2ccc(OC)cc2OC)cc(I)c1OCc1cccc(F)c1. The van der Waals surface area contributed by atoms with Crippen molar-refractivity contribution in [1.29, 1.82) is 5.26 Å². The summed E-state index contributed by atoms with van der Waals surface area (Å²) in [5.41, 5.74) is 1.94. The highest BCUT2D eigenvalue weighted by Crippen LogP contribution is 2.35. The number of ether oxygens (including phenoxy) is 4. The van der Waals surface area contributed by atoms with Crippen molar-refractivity contribution in [3.8, 4) is 29.1 Å². The Bertz CT molecular complexity index is 1340. The monoisotopic (exact) mass is 616 g/mol. The molecule has 3 rings (SSSR count). The molecular formula is C28H26FIN2O5. The Balaban J connectivity index is 1.79. The predicted octanol–water partition coefficient (Wildman–Crippen LogP) is 5.65. The zero-order valence-electron chi connectivity index (χ0n) is 20.6. The quantitative estimate of drug-likeness (QED) is 0.170. The number of carbonyl (C=O) groups is 1. The van der Waals surface area contributed by atoms with Crippen LogP contribution >= 0.6 is 22.6 Å². The van der Waals surface area contributed by atoms with Crippen LogP contribution in [0.3, 0.4) is 0 Å². The molecule has 3 aromatic carbocycles. The van der Waals surface area contributed by atoms with Crippen molar-refractivity contribution in [1.82, 2.24) is 5.32 Å². The number of nitriles is 1. The maximum atomic E-state index is 13.5. The lowest BCUT2D eigenvalue weighted by atomic mass is 10.1. The summed E-state index contributed by atoms with van der Waals surface area (Å²) in [5.74, 6) is 1.28. The summed E-state index contributed by atoms with van der Waals surface area (Å²) in [4.78, 5) is 12.8. The van der Waals surface area contributed by atoms with Gasteiger partial charge in [0.15, 0.2) is 11.5 Å². The van der Waals surface area contributed by atoms with Gasteiger partial charge in [-0.05, 0) is 83.1 Å². The highest BCUT2D eigenvalue weighted by Gasteiger charge is 2.15. The lowest BCUT2D eigenvalue weighted by Gasteiger charge is -2.15. The van der Waals surface area contributed by atoms with Gasteiger partial charge in [-0.3, -0.25) is 4.79 Å². The van der Waals surface area contributed by atoms with Crippen molar-refractivity contribution in [2.45, 2.75) is 20.1 Å². The molecule has 0 aromatic heterocycles. The molecule has 0 saturated heterocycles. The van der Waals surface area contributed by atoms with E-state index in [1.807, 2.05) is 13.0 Å². The third-order valence-corrected chi connectivity index (χ3v) is 6.01. The van der Waals surface area contributed by atoms with Crippen LogP contribution in [0, 0.1) is 20.7 Å². The van der Waals surface area contributed by atoms with E-state index < -0.39 is 5.91 Å². The molecule has 0 unspecified atom stereocenters. The first-order valence-electron chi connectivity index (χ1n) is 11.3. The van der Waals surface area contributed by atoms with E-state index in [9.17, 15) is 14.4 Å². The average molecular weight is 616 g/mol. The third-order valence-electron chi connectivity index (χ3n) is 5.21. The molecule has 37 heavy (non-hydrogen) atoms. The number of benzene rings is 3. The second-order valence-corrected chi connectivity index (χ2v) is 8.87. The lowest BCUT2D eigenvalue weighted by molar-refractivity contribution is -0.117. The molecule has 9 heteroatoms. The number of nitrogens with one attached hydrogen (secondary N) is 1. The number of hydrogen-bond acceptors (Lipinski definition) is 6. The largest absolute Gasteiger partial charge is 0.497 e. The maximum Gasteiger partial charge on any atom is 0.262 e. The van der Waals surface area contributed by atoms with E-state index in [2.05, 4.69) is 27.9 Å². The molecule has 0 saturated carbocycles. The molecule has 0 fully saturated rings. The fraction of sp³-hybridized carbons (Fsp3) is 0.214. The summed E-state index contributed by atoms with van der Waals surface area (Å²) in [7, 11) is 3.09. The van der Waals surface area contributed by atoms with E-state index in [4.69, 9.17) is 18.9 Å². The minimum Gasteiger partial charge on any atom is -0.497 e. The van der Waals surface area contributed by atoms with Gasteiger partial charge < -0.3 is 24.3 Å². The minimum absolute atomic E-state index is 0.0702. The molecule has 0 aliphatic heterocycles. The Morgan fingerprint density at radius 3 is 2.57 bits per heavy atom. The fourth-order valence-electron chi connectivity index (χ4n) is 3.44. The van der Waals surface area contributed by atoms with Gasteiger partial charge in [0, 0.05) is 18.2 Å². The zero-order valence-corrected chi connectivity index (χ0v) is 22.8. The van der Waals surface area contributed by atoms with E-state index in [1.165, 1.54) is 25.3 Å². The van der Waals surface area contributed by atoms with E-state index in [0.29, 0.717) is 44.3 Å². The molecule has 0 atom stereocenters. The van der Waals surface area contributed by atoms with E-state index in [1.54, 1.807) is 49.6 Å². The van der Waals surface area contributed by atoms with Crippen LogP contribution in [0.25, 0.3) is 6.08 Å². The van der Waals surface area contributed by atoms with E-state index in [0.717, 1.165) is 5.56 Å². The lowest BCUT2D eigenvalue weighted by Crippen LogP contribution is -2.24. The molecule has 1 amide bonds. The third kappa shape index (κ3) is 7.60.